The molecule has 1 heterocycles. The highest BCUT2D eigenvalue weighted by Crippen LogP contribution is 2.41. The second kappa shape index (κ2) is 4.73. The van der Waals surface area contributed by atoms with Crippen LogP contribution in [0.3, 0.4) is 0 Å². The summed E-state index contributed by atoms with van der Waals surface area (Å²) in [6, 6.07) is 1.73. The first-order valence-corrected chi connectivity index (χ1v) is 6.42. The molecule has 2 rings (SSSR count). The maximum absolute atomic E-state index is 13.8. The fourth-order valence-electron chi connectivity index (χ4n) is 2.94. The molecule has 1 fully saturated rings. The van der Waals surface area contributed by atoms with Gasteiger partial charge in [-0.05, 0) is 30.7 Å². The Morgan fingerprint density at radius 1 is 1.53 bits per heavy atom. The second-order valence-electron chi connectivity index (χ2n) is 5.61. The molecule has 1 aliphatic rings. The van der Waals surface area contributed by atoms with E-state index in [-0.39, 0.29) is 5.82 Å². The molecule has 1 aromatic rings. The molecular formula is C14H21FN2. The Bertz CT molecular complexity index is 392. The Morgan fingerprint density at radius 3 is 2.94 bits per heavy atom. The minimum absolute atomic E-state index is 0.264. The molecule has 17 heavy (non-hydrogen) atoms. The van der Waals surface area contributed by atoms with Crippen molar-refractivity contribution in [2.75, 3.05) is 0 Å². The average Bonchev–Trinajstić information content (AvgIpc) is 2.29. The van der Waals surface area contributed by atoms with Gasteiger partial charge in [-0.1, -0.05) is 26.7 Å². The molecule has 1 saturated carbocycles. The van der Waals surface area contributed by atoms with Crippen LogP contribution >= 0.6 is 0 Å². The smallest absolute Gasteiger partial charge is 0.146 e. The number of hydrogen-bond acceptors (Lipinski definition) is 2. The van der Waals surface area contributed by atoms with Crippen LogP contribution in [-0.4, -0.2) is 4.98 Å². The van der Waals surface area contributed by atoms with Crippen molar-refractivity contribution in [3.05, 3.63) is 29.8 Å². The number of aromatic nitrogens is 1. The van der Waals surface area contributed by atoms with E-state index in [1.807, 2.05) is 0 Å². The Morgan fingerprint density at radius 2 is 2.29 bits per heavy atom. The maximum atomic E-state index is 13.8. The number of halogens is 1. The number of pyridine rings is 1. The largest absolute Gasteiger partial charge is 0.321 e. The van der Waals surface area contributed by atoms with Crippen LogP contribution in [0.5, 0.6) is 0 Å². The summed E-state index contributed by atoms with van der Waals surface area (Å²) in [5.74, 6) is 0.948. The van der Waals surface area contributed by atoms with E-state index in [1.165, 1.54) is 12.6 Å². The first-order valence-electron chi connectivity index (χ1n) is 6.42. The lowest BCUT2D eigenvalue weighted by Gasteiger charge is -2.40. The van der Waals surface area contributed by atoms with Gasteiger partial charge in [0.15, 0.2) is 0 Å². The molecule has 0 radical (unpaired) electrons. The predicted octanol–water partition coefficient (Wildman–Crippen LogP) is 3.22. The molecule has 0 saturated heterocycles. The van der Waals surface area contributed by atoms with E-state index in [0.29, 0.717) is 17.4 Å². The fraction of sp³-hybridized carbons (Fsp3) is 0.643. The zero-order valence-electron chi connectivity index (χ0n) is 10.6. The van der Waals surface area contributed by atoms with E-state index in [9.17, 15) is 4.39 Å². The van der Waals surface area contributed by atoms with E-state index < -0.39 is 5.54 Å². The lowest BCUT2D eigenvalue weighted by atomic mass is 9.69. The zero-order chi connectivity index (χ0) is 12.5. The van der Waals surface area contributed by atoms with Crippen molar-refractivity contribution < 1.29 is 4.39 Å². The van der Waals surface area contributed by atoms with Gasteiger partial charge in [-0.3, -0.25) is 4.98 Å². The molecule has 1 aliphatic carbocycles. The van der Waals surface area contributed by atoms with Crippen molar-refractivity contribution in [2.24, 2.45) is 17.6 Å². The van der Waals surface area contributed by atoms with Crippen LogP contribution < -0.4 is 5.73 Å². The lowest BCUT2D eigenvalue weighted by molar-refractivity contribution is 0.180. The highest BCUT2D eigenvalue weighted by atomic mass is 19.1. The molecule has 2 unspecified atom stereocenters. The number of hydrogen-bond donors (Lipinski definition) is 1. The summed E-state index contributed by atoms with van der Waals surface area (Å²) in [7, 11) is 0. The van der Waals surface area contributed by atoms with Gasteiger partial charge in [-0.15, -0.1) is 0 Å². The highest BCUT2D eigenvalue weighted by molar-refractivity contribution is 5.24. The van der Waals surface area contributed by atoms with Gasteiger partial charge < -0.3 is 5.73 Å². The van der Waals surface area contributed by atoms with E-state index in [0.717, 1.165) is 19.3 Å². The SMILES string of the molecule is CC(C)C1CCCC(N)(c2ccncc2F)C1. The van der Waals surface area contributed by atoms with Crippen LogP contribution in [0.15, 0.2) is 18.5 Å². The monoisotopic (exact) mass is 236 g/mol. The average molecular weight is 236 g/mol. The fourth-order valence-corrected chi connectivity index (χ4v) is 2.94. The zero-order valence-corrected chi connectivity index (χ0v) is 10.6. The van der Waals surface area contributed by atoms with E-state index in [2.05, 4.69) is 18.8 Å². The van der Waals surface area contributed by atoms with Gasteiger partial charge in [-0.2, -0.15) is 0 Å². The Balaban J connectivity index is 2.27. The predicted molar refractivity (Wildman–Crippen MR) is 66.9 cm³/mol. The normalized spacial score (nSPS) is 29.6. The molecule has 0 amide bonds. The van der Waals surface area contributed by atoms with E-state index in [4.69, 9.17) is 5.73 Å². The van der Waals surface area contributed by atoms with Crippen LogP contribution in [0, 0.1) is 17.7 Å². The quantitative estimate of drug-likeness (QED) is 0.856. The first kappa shape index (κ1) is 12.5. The Labute approximate surface area is 102 Å². The third kappa shape index (κ3) is 2.49. The summed E-state index contributed by atoms with van der Waals surface area (Å²) in [6.45, 7) is 4.44. The van der Waals surface area contributed by atoms with E-state index >= 15 is 0 Å². The first-order chi connectivity index (χ1) is 8.03. The molecule has 0 aliphatic heterocycles. The topological polar surface area (TPSA) is 38.9 Å². The van der Waals surface area contributed by atoms with Crippen LogP contribution in [0.25, 0.3) is 0 Å². The minimum Gasteiger partial charge on any atom is -0.321 e. The summed E-state index contributed by atoms with van der Waals surface area (Å²) in [4.78, 5) is 3.79. The van der Waals surface area contributed by atoms with Crippen LogP contribution in [0.1, 0.15) is 45.1 Å². The maximum Gasteiger partial charge on any atom is 0.146 e. The van der Waals surface area contributed by atoms with Crippen molar-refractivity contribution in [3.8, 4) is 0 Å². The molecule has 0 bridgehead atoms. The molecule has 0 spiro atoms. The van der Waals surface area contributed by atoms with Crippen molar-refractivity contribution in [3.63, 3.8) is 0 Å². The van der Waals surface area contributed by atoms with Crippen molar-refractivity contribution in [1.82, 2.24) is 4.98 Å². The molecule has 1 aromatic heterocycles. The molecule has 2 N–H and O–H groups in total. The Kier molecular flexibility index (Phi) is 3.48. The van der Waals surface area contributed by atoms with Crippen LogP contribution in [0.2, 0.25) is 0 Å². The highest BCUT2D eigenvalue weighted by Gasteiger charge is 2.37. The number of nitrogens with two attached hydrogens (primary N) is 1. The van der Waals surface area contributed by atoms with Crippen LogP contribution in [0.4, 0.5) is 4.39 Å². The van der Waals surface area contributed by atoms with Gasteiger partial charge >= 0.3 is 0 Å². The van der Waals surface area contributed by atoms with Gasteiger partial charge in [0.25, 0.3) is 0 Å². The van der Waals surface area contributed by atoms with Crippen molar-refractivity contribution in [2.45, 2.75) is 45.1 Å². The number of rotatable bonds is 2. The van der Waals surface area contributed by atoms with Gasteiger partial charge in [0.1, 0.15) is 5.82 Å². The third-order valence-electron chi connectivity index (χ3n) is 4.08. The van der Waals surface area contributed by atoms with Crippen LogP contribution in [-0.2, 0) is 5.54 Å². The molecule has 2 atom stereocenters. The van der Waals surface area contributed by atoms with Gasteiger partial charge in [0.2, 0.25) is 0 Å². The second-order valence-corrected chi connectivity index (χ2v) is 5.61. The molecule has 2 nitrogen and oxygen atoms in total. The van der Waals surface area contributed by atoms with Gasteiger partial charge in [0.05, 0.1) is 6.20 Å². The molecule has 3 heteroatoms. The summed E-state index contributed by atoms with van der Waals surface area (Å²) in [5.41, 5.74) is 6.58. The van der Waals surface area contributed by atoms with Crippen molar-refractivity contribution >= 4 is 0 Å². The van der Waals surface area contributed by atoms with E-state index in [1.54, 1.807) is 12.3 Å². The van der Waals surface area contributed by atoms with Gasteiger partial charge in [-0.25, -0.2) is 4.39 Å². The summed E-state index contributed by atoms with van der Waals surface area (Å²) in [6.07, 6.45) is 6.95. The summed E-state index contributed by atoms with van der Waals surface area (Å²) in [5, 5.41) is 0. The van der Waals surface area contributed by atoms with Crippen molar-refractivity contribution in [1.29, 1.82) is 0 Å². The standard InChI is InChI=1S/C14H21FN2/c1-10(2)11-4-3-6-14(16,8-11)12-5-7-17-9-13(12)15/h5,7,9-11H,3-4,6,8,16H2,1-2H3. The lowest BCUT2D eigenvalue weighted by Crippen LogP contribution is -2.43. The summed E-state index contributed by atoms with van der Waals surface area (Å²) >= 11 is 0. The molecular weight excluding hydrogens is 215 g/mol. The molecule has 0 aromatic carbocycles. The minimum atomic E-state index is -0.500. The third-order valence-corrected chi connectivity index (χ3v) is 4.08. The summed E-state index contributed by atoms with van der Waals surface area (Å²) < 4.78 is 13.8. The molecule has 94 valence electrons. The van der Waals surface area contributed by atoms with Gasteiger partial charge in [0, 0.05) is 17.3 Å². The number of nitrogens with zero attached hydrogens (tertiary/aromatic N) is 1. The Hall–Kier alpha value is -0.960.